The zero-order valence-electron chi connectivity index (χ0n) is 16.0. The van der Waals surface area contributed by atoms with Crippen LogP contribution in [0.15, 0.2) is 24.3 Å². The monoisotopic (exact) mass is 395 g/mol. The van der Waals surface area contributed by atoms with Gasteiger partial charge < -0.3 is 14.5 Å². The molecule has 2 rings (SSSR count). The lowest BCUT2D eigenvalue weighted by atomic mass is 10.1. The molecule has 1 heterocycles. The van der Waals surface area contributed by atoms with Crippen LogP contribution in [0.1, 0.15) is 20.3 Å². The highest BCUT2D eigenvalue weighted by Gasteiger charge is 2.33. The van der Waals surface area contributed by atoms with Crippen LogP contribution in [0.3, 0.4) is 0 Å². The molecule has 148 valence electrons. The number of halogens is 1. The van der Waals surface area contributed by atoms with Gasteiger partial charge in [0.15, 0.2) is 0 Å². The van der Waals surface area contributed by atoms with Crippen molar-refractivity contribution in [3.63, 3.8) is 0 Å². The Labute approximate surface area is 164 Å². The van der Waals surface area contributed by atoms with Crippen molar-refractivity contribution in [1.29, 1.82) is 0 Å². The Morgan fingerprint density at radius 1 is 1.37 bits per heavy atom. The van der Waals surface area contributed by atoms with Crippen LogP contribution in [0, 0.1) is 5.92 Å². The highest BCUT2D eigenvalue weighted by Crippen LogP contribution is 2.23. The fraction of sp³-hybridized carbons (Fsp3) is 0.526. The molecule has 8 heteroatoms. The van der Waals surface area contributed by atoms with Crippen LogP contribution in [0.5, 0.6) is 0 Å². The lowest BCUT2D eigenvalue weighted by molar-refractivity contribution is -0.143. The SMILES string of the molecule is CC[C@@H](C)C(=O)N(CCOC)CC(=O)N1CC(=O)N(c2cccc(Cl)c2)C1. The van der Waals surface area contributed by atoms with E-state index >= 15 is 0 Å². The summed E-state index contributed by atoms with van der Waals surface area (Å²) < 4.78 is 5.05. The summed E-state index contributed by atoms with van der Waals surface area (Å²) in [5.74, 6) is -0.694. The first kappa shape index (κ1) is 21.2. The lowest BCUT2D eigenvalue weighted by Crippen LogP contribution is -2.45. The molecule has 1 atom stereocenters. The number of rotatable bonds is 8. The van der Waals surface area contributed by atoms with E-state index in [1.54, 1.807) is 31.4 Å². The Balaban J connectivity index is 2.05. The van der Waals surface area contributed by atoms with E-state index in [1.165, 1.54) is 14.7 Å². The molecule has 0 aliphatic carbocycles. The van der Waals surface area contributed by atoms with Gasteiger partial charge in [0.2, 0.25) is 17.7 Å². The minimum atomic E-state index is -0.263. The largest absolute Gasteiger partial charge is 0.383 e. The number of carbonyl (C=O) groups excluding carboxylic acids is 3. The third kappa shape index (κ3) is 5.43. The van der Waals surface area contributed by atoms with E-state index in [0.717, 1.165) is 0 Å². The number of ether oxygens (including phenoxy) is 1. The van der Waals surface area contributed by atoms with E-state index in [1.807, 2.05) is 13.8 Å². The maximum atomic E-state index is 12.7. The third-order valence-electron chi connectivity index (χ3n) is 4.65. The van der Waals surface area contributed by atoms with E-state index in [4.69, 9.17) is 16.3 Å². The predicted molar refractivity (Wildman–Crippen MR) is 103 cm³/mol. The number of nitrogens with zero attached hydrogens (tertiary/aromatic N) is 3. The van der Waals surface area contributed by atoms with E-state index in [0.29, 0.717) is 30.3 Å². The molecule has 1 saturated heterocycles. The van der Waals surface area contributed by atoms with Crippen LogP contribution < -0.4 is 4.90 Å². The summed E-state index contributed by atoms with van der Waals surface area (Å²) in [6, 6.07) is 6.94. The second-order valence-corrected chi connectivity index (χ2v) is 7.03. The smallest absolute Gasteiger partial charge is 0.248 e. The first-order chi connectivity index (χ1) is 12.9. The maximum absolute atomic E-state index is 12.7. The van der Waals surface area contributed by atoms with E-state index < -0.39 is 0 Å². The molecule has 0 radical (unpaired) electrons. The highest BCUT2D eigenvalue weighted by atomic mass is 35.5. The molecule has 3 amide bonds. The van der Waals surface area contributed by atoms with Crippen molar-refractivity contribution in [2.24, 2.45) is 5.92 Å². The molecule has 0 aromatic heterocycles. The van der Waals surface area contributed by atoms with Gasteiger partial charge in [-0.1, -0.05) is 31.5 Å². The molecule has 0 saturated carbocycles. The maximum Gasteiger partial charge on any atom is 0.248 e. The number of hydrogen-bond acceptors (Lipinski definition) is 4. The summed E-state index contributed by atoms with van der Waals surface area (Å²) in [4.78, 5) is 42.0. The van der Waals surface area contributed by atoms with Crippen LogP contribution in [0.2, 0.25) is 5.02 Å². The van der Waals surface area contributed by atoms with Crippen molar-refractivity contribution in [3.05, 3.63) is 29.3 Å². The van der Waals surface area contributed by atoms with Crippen LogP contribution in [-0.2, 0) is 19.1 Å². The van der Waals surface area contributed by atoms with Gasteiger partial charge in [-0.05, 0) is 24.6 Å². The van der Waals surface area contributed by atoms with Gasteiger partial charge in [-0.25, -0.2) is 0 Å². The molecule has 27 heavy (non-hydrogen) atoms. The van der Waals surface area contributed by atoms with Crippen molar-refractivity contribution in [2.75, 3.05) is 44.9 Å². The average molecular weight is 396 g/mol. The van der Waals surface area contributed by atoms with Crippen molar-refractivity contribution in [1.82, 2.24) is 9.80 Å². The number of benzene rings is 1. The van der Waals surface area contributed by atoms with Crippen molar-refractivity contribution in [2.45, 2.75) is 20.3 Å². The van der Waals surface area contributed by atoms with Gasteiger partial charge in [-0.3, -0.25) is 19.3 Å². The molecule has 1 aromatic carbocycles. The fourth-order valence-electron chi connectivity index (χ4n) is 2.80. The molecule has 0 N–H and O–H groups in total. The number of methoxy groups -OCH3 is 1. The van der Waals surface area contributed by atoms with Crippen molar-refractivity contribution < 1.29 is 19.1 Å². The molecule has 7 nitrogen and oxygen atoms in total. The average Bonchev–Trinajstić information content (AvgIpc) is 3.05. The van der Waals surface area contributed by atoms with E-state index in [2.05, 4.69) is 0 Å². The van der Waals surface area contributed by atoms with Gasteiger partial charge in [0.25, 0.3) is 0 Å². The summed E-state index contributed by atoms with van der Waals surface area (Å²) in [6.07, 6.45) is 0.696. The molecular weight excluding hydrogens is 370 g/mol. The Bertz CT molecular complexity index is 697. The minimum absolute atomic E-state index is 0.0129. The molecule has 0 bridgehead atoms. The highest BCUT2D eigenvalue weighted by molar-refractivity contribution is 6.31. The topological polar surface area (TPSA) is 70.2 Å². The van der Waals surface area contributed by atoms with E-state index in [-0.39, 0.29) is 43.4 Å². The second-order valence-electron chi connectivity index (χ2n) is 6.60. The van der Waals surface area contributed by atoms with Crippen molar-refractivity contribution >= 4 is 35.0 Å². The molecule has 1 aliphatic heterocycles. The molecule has 1 aliphatic rings. The first-order valence-corrected chi connectivity index (χ1v) is 9.36. The van der Waals surface area contributed by atoms with Crippen LogP contribution in [-0.4, -0.2) is 67.5 Å². The number of carbonyl (C=O) groups is 3. The molecule has 1 fully saturated rings. The molecular formula is C19H26ClN3O4. The zero-order valence-corrected chi connectivity index (χ0v) is 16.7. The summed E-state index contributed by atoms with van der Waals surface area (Å²) in [5.41, 5.74) is 0.648. The Morgan fingerprint density at radius 2 is 2.11 bits per heavy atom. The van der Waals surface area contributed by atoms with Gasteiger partial charge >= 0.3 is 0 Å². The zero-order chi connectivity index (χ0) is 20.0. The van der Waals surface area contributed by atoms with Gasteiger partial charge in [-0.15, -0.1) is 0 Å². The van der Waals surface area contributed by atoms with Crippen LogP contribution in [0.25, 0.3) is 0 Å². The quantitative estimate of drug-likeness (QED) is 0.675. The number of amides is 3. The second kappa shape index (κ2) is 9.71. The summed E-state index contributed by atoms with van der Waals surface area (Å²) in [7, 11) is 1.55. The normalized spacial score (nSPS) is 15.2. The summed E-state index contributed by atoms with van der Waals surface area (Å²) in [6.45, 7) is 4.53. The Morgan fingerprint density at radius 3 is 2.74 bits per heavy atom. The van der Waals surface area contributed by atoms with Crippen LogP contribution >= 0.6 is 11.6 Å². The van der Waals surface area contributed by atoms with Crippen LogP contribution in [0.4, 0.5) is 5.69 Å². The molecule has 0 spiro atoms. The van der Waals surface area contributed by atoms with E-state index in [9.17, 15) is 14.4 Å². The Kier molecular flexibility index (Phi) is 7.62. The van der Waals surface area contributed by atoms with Crippen molar-refractivity contribution in [3.8, 4) is 0 Å². The predicted octanol–water partition coefficient (Wildman–Crippen LogP) is 1.99. The number of hydrogen-bond donors (Lipinski definition) is 0. The lowest BCUT2D eigenvalue weighted by Gasteiger charge is -2.27. The standard InChI is InChI=1S/C19H26ClN3O4/c1-4-14(2)19(26)21(8-9-27-3)11-17(24)22-12-18(25)23(13-22)16-7-5-6-15(20)10-16/h5-7,10,14H,4,8-9,11-13H2,1-3H3/t14-/m1/s1. The Hall–Kier alpha value is -2.12. The van der Waals surface area contributed by atoms with Gasteiger partial charge in [0, 0.05) is 30.3 Å². The van der Waals surface area contributed by atoms with Gasteiger partial charge in [0.1, 0.15) is 13.2 Å². The first-order valence-electron chi connectivity index (χ1n) is 8.98. The molecule has 0 unspecified atom stereocenters. The summed E-state index contributed by atoms with van der Waals surface area (Å²) >= 11 is 5.99. The van der Waals surface area contributed by atoms with Gasteiger partial charge in [-0.2, -0.15) is 0 Å². The van der Waals surface area contributed by atoms with Gasteiger partial charge in [0.05, 0.1) is 13.2 Å². The number of anilines is 1. The molecule has 1 aromatic rings. The third-order valence-corrected chi connectivity index (χ3v) is 4.88. The minimum Gasteiger partial charge on any atom is -0.383 e. The summed E-state index contributed by atoms with van der Waals surface area (Å²) in [5, 5.41) is 0.523. The fourth-order valence-corrected chi connectivity index (χ4v) is 2.99.